The molecule has 20 heavy (non-hydrogen) atoms. The molecular weight excluding hydrogens is 268 g/mol. The summed E-state index contributed by atoms with van der Waals surface area (Å²) in [6.45, 7) is 2.10. The average Bonchev–Trinajstić information content (AvgIpc) is 2.85. The smallest absolute Gasteiger partial charge is 0.148 e. The standard InChI is InChI=1S/C17H16O2S/c1-11-4-9-15-14(10-11)17(20-3)16(19-15)12-5-7-13(18-2)8-6-12/h4-10H,1-3H3. The zero-order valence-corrected chi connectivity index (χ0v) is 12.6. The van der Waals surface area contributed by atoms with E-state index in [-0.39, 0.29) is 0 Å². The highest BCUT2D eigenvalue weighted by atomic mass is 32.2. The Balaban J connectivity index is 2.19. The number of furan rings is 1. The van der Waals surface area contributed by atoms with Gasteiger partial charge in [-0.05, 0) is 49.6 Å². The highest BCUT2D eigenvalue weighted by molar-refractivity contribution is 7.99. The number of rotatable bonds is 3. The first kappa shape index (κ1) is 13.1. The van der Waals surface area contributed by atoms with Gasteiger partial charge in [0.15, 0.2) is 0 Å². The van der Waals surface area contributed by atoms with Crippen LogP contribution in [0.1, 0.15) is 5.56 Å². The number of methoxy groups -OCH3 is 1. The second-order valence-corrected chi connectivity index (χ2v) is 5.51. The number of hydrogen-bond donors (Lipinski definition) is 0. The van der Waals surface area contributed by atoms with Crippen LogP contribution in [0, 0.1) is 6.92 Å². The summed E-state index contributed by atoms with van der Waals surface area (Å²) in [7, 11) is 1.67. The molecular formula is C17H16O2S. The zero-order chi connectivity index (χ0) is 14.1. The Morgan fingerprint density at radius 2 is 1.80 bits per heavy atom. The first-order valence-corrected chi connectivity index (χ1v) is 7.67. The van der Waals surface area contributed by atoms with Crippen LogP contribution < -0.4 is 4.74 Å². The third-order valence-electron chi connectivity index (χ3n) is 3.35. The minimum Gasteiger partial charge on any atom is -0.497 e. The summed E-state index contributed by atoms with van der Waals surface area (Å²) < 4.78 is 11.2. The van der Waals surface area contributed by atoms with Crippen molar-refractivity contribution in [3.8, 4) is 17.1 Å². The lowest BCUT2D eigenvalue weighted by molar-refractivity contribution is 0.415. The van der Waals surface area contributed by atoms with Crippen molar-refractivity contribution in [2.45, 2.75) is 11.8 Å². The van der Waals surface area contributed by atoms with Crippen molar-refractivity contribution in [3.63, 3.8) is 0 Å². The topological polar surface area (TPSA) is 22.4 Å². The van der Waals surface area contributed by atoms with Gasteiger partial charge >= 0.3 is 0 Å². The summed E-state index contributed by atoms with van der Waals surface area (Å²) in [5.41, 5.74) is 3.25. The van der Waals surface area contributed by atoms with Crippen LogP contribution in [0.3, 0.4) is 0 Å². The van der Waals surface area contributed by atoms with Gasteiger partial charge in [0, 0.05) is 10.9 Å². The predicted octanol–water partition coefficient (Wildman–Crippen LogP) is 5.14. The Hall–Kier alpha value is -1.87. The molecule has 2 nitrogen and oxygen atoms in total. The van der Waals surface area contributed by atoms with E-state index in [1.165, 1.54) is 15.8 Å². The fourth-order valence-corrected chi connectivity index (χ4v) is 3.05. The number of thioether (sulfide) groups is 1. The summed E-state index contributed by atoms with van der Waals surface area (Å²) in [6.07, 6.45) is 2.08. The largest absolute Gasteiger partial charge is 0.497 e. The van der Waals surface area contributed by atoms with Gasteiger partial charge in [0.1, 0.15) is 17.1 Å². The van der Waals surface area contributed by atoms with Gasteiger partial charge < -0.3 is 9.15 Å². The maximum atomic E-state index is 6.04. The Kier molecular flexibility index (Phi) is 3.45. The summed E-state index contributed by atoms with van der Waals surface area (Å²) in [6, 6.07) is 14.3. The molecule has 1 aromatic heterocycles. The van der Waals surface area contributed by atoms with Gasteiger partial charge in [0.2, 0.25) is 0 Å². The van der Waals surface area contributed by atoms with E-state index in [4.69, 9.17) is 9.15 Å². The molecule has 0 bridgehead atoms. The first-order valence-electron chi connectivity index (χ1n) is 6.44. The van der Waals surface area contributed by atoms with Crippen molar-refractivity contribution in [1.29, 1.82) is 0 Å². The predicted molar refractivity (Wildman–Crippen MR) is 84.7 cm³/mol. The number of benzene rings is 2. The van der Waals surface area contributed by atoms with Gasteiger partial charge in [-0.15, -0.1) is 11.8 Å². The average molecular weight is 284 g/mol. The van der Waals surface area contributed by atoms with E-state index in [1.54, 1.807) is 18.9 Å². The molecule has 102 valence electrons. The fraction of sp³-hybridized carbons (Fsp3) is 0.176. The molecule has 0 radical (unpaired) electrons. The minimum absolute atomic E-state index is 0.853. The van der Waals surface area contributed by atoms with E-state index in [0.717, 1.165) is 22.7 Å². The molecule has 0 unspecified atom stereocenters. The molecule has 0 aliphatic heterocycles. The third kappa shape index (κ3) is 2.18. The molecule has 3 rings (SSSR count). The Bertz CT molecular complexity index is 742. The van der Waals surface area contributed by atoms with Crippen LogP contribution in [0.2, 0.25) is 0 Å². The van der Waals surface area contributed by atoms with Crippen molar-refractivity contribution < 1.29 is 9.15 Å². The Morgan fingerprint density at radius 3 is 2.45 bits per heavy atom. The molecule has 1 heterocycles. The van der Waals surface area contributed by atoms with Gasteiger partial charge in [-0.2, -0.15) is 0 Å². The van der Waals surface area contributed by atoms with E-state index in [1.807, 2.05) is 30.3 Å². The van der Waals surface area contributed by atoms with Gasteiger partial charge in [-0.1, -0.05) is 11.6 Å². The molecule has 0 saturated heterocycles. The Morgan fingerprint density at radius 1 is 1.05 bits per heavy atom. The monoisotopic (exact) mass is 284 g/mol. The molecule has 0 saturated carbocycles. The van der Waals surface area contributed by atoms with Crippen molar-refractivity contribution in [2.75, 3.05) is 13.4 Å². The molecule has 0 atom stereocenters. The minimum atomic E-state index is 0.853. The summed E-state index contributed by atoms with van der Waals surface area (Å²) in [5.74, 6) is 1.78. The third-order valence-corrected chi connectivity index (χ3v) is 4.17. The normalized spacial score (nSPS) is 10.9. The van der Waals surface area contributed by atoms with Crippen molar-refractivity contribution in [1.82, 2.24) is 0 Å². The molecule has 2 aromatic carbocycles. The molecule has 0 aliphatic carbocycles. The van der Waals surface area contributed by atoms with E-state index < -0.39 is 0 Å². The van der Waals surface area contributed by atoms with Gasteiger partial charge in [-0.25, -0.2) is 0 Å². The first-order chi connectivity index (χ1) is 9.72. The summed E-state index contributed by atoms with van der Waals surface area (Å²) >= 11 is 1.72. The maximum absolute atomic E-state index is 6.04. The maximum Gasteiger partial charge on any atom is 0.148 e. The van der Waals surface area contributed by atoms with Gasteiger partial charge in [-0.3, -0.25) is 0 Å². The van der Waals surface area contributed by atoms with Crippen LogP contribution in [0.25, 0.3) is 22.3 Å². The molecule has 0 N–H and O–H groups in total. The number of hydrogen-bond acceptors (Lipinski definition) is 3. The van der Waals surface area contributed by atoms with E-state index >= 15 is 0 Å². The van der Waals surface area contributed by atoms with Crippen LogP contribution in [-0.2, 0) is 0 Å². The summed E-state index contributed by atoms with van der Waals surface area (Å²) in [4.78, 5) is 1.19. The second kappa shape index (κ2) is 5.25. The molecule has 0 fully saturated rings. The second-order valence-electron chi connectivity index (χ2n) is 4.69. The lowest BCUT2D eigenvalue weighted by Gasteiger charge is -2.02. The molecule has 0 aliphatic rings. The SMILES string of the molecule is COc1ccc(-c2oc3ccc(C)cc3c2SC)cc1. The van der Waals surface area contributed by atoms with Crippen LogP contribution in [0.4, 0.5) is 0 Å². The number of ether oxygens (including phenoxy) is 1. The van der Waals surface area contributed by atoms with Crippen molar-refractivity contribution >= 4 is 22.7 Å². The van der Waals surface area contributed by atoms with Gasteiger partial charge in [0.25, 0.3) is 0 Å². The van der Waals surface area contributed by atoms with Crippen LogP contribution >= 0.6 is 11.8 Å². The van der Waals surface area contributed by atoms with E-state index in [0.29, 0.717) is 0 Å². The molecule has 3 heteroatoms. The van der Waals surface area contributed by atoms with Crippen LogP contribution in [-0.4, -0.2) is 13.4 Å². The van der Waals surface area contributed by atoms with E-state index in [9.17, 15) is 0 Å². The van der Waals surface area contributed by atoms with Crippen molar-refractivity contribution in [2.24, 2.45) is 0 Å². The highest BCUT2D eigenvalue weighted by Crippen LogP contribution is 2.39. The fourth-order valence-electron chi connectivity index (χ4n) is 2.32. The highest BCUT2D eigenvalue weighted by Gasteiger charge is 2.15. The van der Waals surface area contributed by atoms with E-state index in [2.05, 4.69) is 25.3 Å². The summed E-state index contributed by atoms with van der Waals surface area (Å²) in [5, 5.41) is 1.18. The number of aryl methyl sites for hydroxylation is 1. The lowest BCUT2D eigenvalue weighted by Crippen LogP contribution is -1.82. The van der Waals surface area contributed by atoms with Crippen LogP contribution in [0.15, 0.2) is 51.8 Å². The Labute approximate surface area is 122 Å². The quantitative estimate of drug-likeness (QED) is 0.622. The lowest BCUT2D eigenvalue weighted by atomic mass is 10.1. The van der Waals surface area contributed by atoms with Crippen molar-refractivity contribution in [3.05, 3.63) is 48.0 Å². The van der Waals surface area contributed by atoms with Gasteiger partial charge in [0.05, 0.1) is 12.0 Å². The van der Waals surface area contributed by atoms with Crippen LogP contribution in [0.5, 0.6) is 5.75 Å². The molecule has 3 aromatic rings. The molecule has 0 amide bonds. The zero-order valence-electron chi connectivity index (χ0n) is 11.8. The molecule has 0 spiro atoms. The number of fused-ring (bicyclic) bond motifs is 1.